The van der Waals surface area contributed by atoms with Gasteiger partial charge in [-0.2, -0.15) is 4.99 Å². The lowest BCUT2D eigenvalue weighted by Gasteiger charge is -2.19. The van der Waals surface area contributed by atoms with Crippen molar-refractivity contribution in [3.63, 3.8) is 0 Å². The average Bonchev–Trinajstić information content (AvgIpc) is 2.92. The van der Waals surface area contributed by atoms with Crippen LogP contribution in [-0.4, -0.2) is 23.1 Å². The summed E-state index contributed by atoms with van der Waals surface area (Å²) in [4.78, 5) is 28.6. The molecule has 1 saturated carbocycles. The van der Waals surface area contributed by atoms with Gasteiger partial charge >= 0.3 is 5.97 Å². The molecule has 1 aromatic heterocycles. The van der Waals surface area contributed by atoms with Gasteiger partial charge in [0, 0.05) is 12.5 Å². The van der Waals surface area contributed by atoms with E-state index in [1.165, 1.54) is 17.1 Å². The van der Waals surface area contributed by atoms with E-state index in [9.17, 15) is 18.4 Å². The number of nitrogens with zero attached hydrogens (tertiary/aromatic N) is 2. The lowest BCUT2D eigenvalue weighted by atomic mass is 9.87. The van der Waals surface area contributed by atoms with Gasteiger partial charge in [0.15, 0.2) is 10.6 Å². The molecule has 1 aliphatic carbocycles. The third kappa shape index (κ3) is 4.80. The fourth-order valence-electron chi connectivity index (χ4n) is 3.49. The number of thiazole rings is 1. The summed E-state index contributed by atoms with van der Waals surface area (Å²) in [5, 5.41) is 0. The molecule has 0 bridgehead atoms. The van der Waals surface area contributed by atoms with Crippen molar-refractivity contribution in [2.75, 3.05) is 6.61 Å². The van der Waals surface area contributed by atoms with Crippen LogP contribution < -0.4 is 4.80 Å². The van der Waals surface area contributed by atoms with Crippen molar-refractivity contribution >= 4 is 33.4 Å². The SMILES string of the molecule is CCOC(=O)Cn1c(=NC(=O)CC2CCCCC2)sc2cc(F)cc(F)c21. The molecule has 1 amide bonds. The maximum Gasteiger partial charge on any atom is 0.326 e. The fourth-order valence-corrected chi connectivity index (χ4v) is 4.57. The van der Waals surface area contributed by atoms with Gasteiger partial charge in [0.2, 0.25) is 5.91 Å². The van der Waals surface area contributed by atoms with Crippen molar-refractivity contribution < 1.29 is 23.1 Å². The molecule has 2 aromatic rings. The molecule has 0 atom stereocenters. The van der Waals surface area contributed by atoms with E-state index in [0.717, 1.165) is 43.1 Å². The second-order valence-electron chi connectivity index (χ2n) is 6.72. The Balaban J connectivity index is 1.98. The van der Waals surface area contributed by atoms with Crippen LogP contribution in [0.5, 0.6) is 0 Å². The first-order valence-electron chi connectivity index (χ1n) is 9.19. The van der Waals surface area contributed by atoms with Gasteiger partial charge < -0.3 is 9.30 Å². The summed E-state index contributed by atoms with van der Waals surface area (Å²) in [6, 6.07) is 1.93. The lowest BCUT2D eigenvalue weighted by molar-refractivity contribution is -0.143. The number of amides is 1. The molecule has 1 heterocycles. The zero-order chi connectivity index (χ0) is 19.4. The van der Waals surface area contributed by atoms with Gasteiger partial charge in [0.1, 0.15) is 12.4 Å². The van der Waals surface area contributed by atoms with Crippen LogP contribution in [0.25, 0.3) is 10.2 Å². The minimum Gasteiger partial charge on any atom is -0.465 e. The predicted octanol–water partition coefficient (Wildman–Crippen LogP) is 3.94. The van der Waals surface area contributed by atoms with Crippen molar-refractivity contribution in [3.05, 3.63) is 28.6 Å². The highest BCUT2D eigenvalue weighted by Gasteiger charge is 2.19. The Morgan fingerprint density at radius 1 is 1.26 bits per heavy atom. The summed E-state index contributed by atoms with van der Waals surface area (Å²) < 4.78 is 34.4. The number of carbonyl (C=O) groups is 2. The number of fused-ring (bicyclic) bond motifs is 1. The van der Waals surface area contributed by atoms with Crippen LogP contribution in [0.15, 0.2) is 17.1 Å². The van der Waals surface area contributed by atoms with Crippen molar-refractivity contribution in [1.82, 2.24) is 4.57 Å². The minimum atomic E-state index is -0.799. The van der Waals surface area contributed by atoms with Gasteiger partial charge in [-0.15, -0.1) is 0 Å². The predicted molar refractivity (Wildman–Crippen MR) is 98.1 cm³/mol. The van der Waals surface area contributed by atoms with E-state index < -0.39 is 17.6 Å². The van der Waals surface area contributed by atoms with Crippen LogP contribution >= 0.6 is 11.3 Å². The highest BCUT2D eigenvalue weighted by Crippen LogP contribution is 2.27. The first-order chi connectivity index (χ1) is 13.0. The number of hydrogen-bond donors (Lipinski definition) is 0. The molecule has 146 valence electrons. The fraction of sp³-hybridized carbons (Fsp3) is 0.526. The quantitative estimate of drug-likeness (QED) is 0.719. The smallest absolute Gasteiger partial charge is 0.326 e. The topological polar surface area (TPSA) is 60.7 Å². The molecule has 5 nitrogen and oxygen atoms in total. The number of rotatable bonds is 5. The molecule has 8 heteroatoms. The highest BCUT2D eigenvalue weighted by atomic mass is 32.1. The molecular weight excluding hydrogens is 374 g/mol. The maximum atomic E-state index is 14.3. The van der Waals surface area contributed by atoms with E-state index in [-0.39, 0.29) is 29.4 Å². The number of benzene rings is 1. The Hall–Kier alpha value is -2.09. The van der Waals surface area contributed by atoms with E-state index >= 15 is 0 Å². The molecule has 1 aromatic carbocycles. The molecule has 27 heavy (non-hydrogen) atoms. The molecule has 0 spiro atoms. The lowest BCUT2D eigenvalue weighted by Crippen LogP contribution is -2.24. The average molecular weight is 396 g/mol. The van der Waals surface area contributed by atoms with Crippen LogP contribution in [0.4, 0.5) is 8.78 Å². The summed E-state index contributed by atoms with van der Waals surface area (Å²) in [5.41, 5.74) is 0.0543. The van der Waals surface area contributed by atoms with Crippen LogP contribution in [-0.2, 0) is 20.9 Å². The van der Waals surface area contributed by atoms with Crippen molar-refractivity contribution in [2.45, 2.75) is 52.0 Å². The van der Waals surface area contributed by atoms with Gasteiger partial charge in [0.05, 0.1) is 16.8 Å². The Bertz CT molecular complexity index is 914. The Labute approximate surface area is 159 Å². The van der Waals surface area contributed by atoms with Gasteiger partial charge in [-0.25, -0.2) is 8.78 Å². The second kappa shape index (κ2) is 8.73. The van der Waals surface area contributed by atoms with Crippen molar-refractivity contribution in [3.8, 4) is 0 Å². The largest absolute Gasteiger partial charge is 0.465 e. The number of carbonyl (C=O) groups excluding carboxylic acids is 2. The number of aromatic nitrogens is 1. The number of halogens is 2. The van der Waals surface area contributed by atoms with Gasteiger partial charge in [-0.3, -0.25) is 9.59 Å². The molecule has 1 aliphatic rings. The zero-order valence-corrected chi connectivity index (χ0v) is 16.0. The van der Waals surface area contributed by atoms with E-state index in [4.69, 9.17) is 4.74 Å². The number of ether oxygens (including phenoxy) is 1. The molecule has 0 N–H and O–H groups in total. The van der Waals surface area contributed by atoms with Crippen LogP contribution in [0, 0.1) is 17.6 Å². The summed E-state index contributed by atoms with van der Waals surface area (Å²) >= 11 is 0.990. The van der Waals surface area contributed by atoms with Crippen molar-refractivity contribution in [2.24, 2.45) is 10.9 Å². The van der Waals surface area contributed by atoms with E-state index in [1.54, 1.807) is 6.92 Å². The molecule has 0 unspecified atom stereocenters. The van der Waals surface area contributed by atoms with Gasteiger partial charge in [0.25, 0.3) is 0 Å². The first-order valence-corrected chi connectivity index (χ1v) is 10.0. The van der Waals surface area contributed by atoms with Crippen LogP contribution in [0.3, 0.4) is 0 Å². The van der Waals surface area contributed by atoms with E-state index in [2.05, 4.69) is 4.99 Å². The second-order valence-corrected chi connectivity index (χ2v) is 7.73. The summed E-state index contributed by atoms with van der Waals surface area (Å²) in [5.74, 6) is -2.07. The van der Waals surface area contributed by atoms with Gasteiger partial charge in [-0.05, 0) is 31.7 Å². The Morgan fingerprint density at radius 3 is 2.70 bits per heavy atom. The number of esters is 1. The Kier molecular flexibility index (Phi) is 6.36. The molecule has 1 fully saturated rings. The molecule has 0 aliphatic heterocycles. The normalized spacial score (nSPS) is 16.0. The standard InChI is InChI=1S/C19H22F2N2O3S/c1-2-26-17(25)11-23-18-14(21)9-13(20)10-15(18)27-19(23)22-16(24)8-12-6-4-3-5-7-12/h9-10,12H,2-8,11H2,1H3. The van der Waals surface area contributed by atoms with Crippen LogP contribution in [0.1, 0.15) is 45.4 Å². The minimum absolute atomic E-state index is 0.0543. The molecular formula is C19H22F2N2O3S. The Morgan fingerprint density at radius 2 is 2.00 bits per heavy atom. The van der Waals surface area contributed by atoms with E-state index in [1.807, 2.05) is 0 Å². The monoisotopic (exact) mass is 396 g/mol. The van der Waals surface area contributed by atoms with Crippen LogP contribution in [0.2, 0.25) is 0 Å². The molecule has 0 radical (unpaired) electrons. The van der Waals surface area contributed by atoms with Gasteiger partial charge in [-0.1, -0.05) is 30.6 Å². The third-order valence-corrected chi connectivity index (χ3v) is 5.72. The van der Waals surface area contributed by atoms with Crippen molar-refractivity contribution in [1.29, 1.82) is 0 Å². The number of hydrogen-bond acceptors (Lipinski definition) is 4. The highest BCUT2D eigenvalue weighted by molar-refractivity contribution is 7.16. The van der Waals surface area contributed by atoms with E-state index in [0.29, 0.717) is 17.0 Å². The maximum absolute atomic E-state index is 14.3. The zero-order valence-electron chi connectivity index (χ0n) is 15.2. The third-order valence-electron chi connectivity index (χ3n) is 4.70. The first kappa shape index (κ1) is 19.7. The molecule has 0 saturated heterocycles. The summed E-state index contributed by atoms with van der Waals surface area (Å²) in [7, 11) is 0. The molecule has 3 rings (SSSR count). The summed E-state index contributed by atoms with van der Waals surface area (Å²) in [6.45, 7) is 1.57. The summed E-state index contributed by atoms with van der Waals surface area (Å²) in [6.07, 6.45) is 5.79.